The Morgan fingerprint density at radius 3 is 2.81 bits per heavy atom. The Morgan fingerprint density at radius 2 is 2.03 bits per heavy atom. The second-order valence-corrected chi connectivity index (χ2v) is 8.15. The number of hydrogen-bond donors (Lipinski definition) is 2. The van der Waals surface area contributed by atoms with Gasteiger partial charge in [0.2, 0.25) is 0 Å². The molecular formula is C23H22N8O. The second-order valence-electron chi connectivity index (χ2n) is 8.15. The molecule has 0 aliphatic carbocycles. The first-order valence-corrected chi connectivity index (χ1v) is 10.6. The van der Waals surface area contributed by atoms with Crippen LogP contribution in [0.25, 0.3) is 33.2 Å². The lowest BCUT2D eigenvalue weighted by Gasteiger charge is -2.27. The van der Waals surface area contributed by atoms with Gasteiger partial charge in [-0.3, -0.25) is 24.7 Å². The van der Waals surface area contributed by atoms with Crippen LogP contribution in [0.3, 0.4) is 0 Å². The Bertz CT molecular complexity index is 1430. The van der Waals surface area contributed by atoms with E-state index in [2.05, 4.69) is 30.6 Å². The quantitative estimate of drug-likeness (QED) is 0.445. The third kappa shape index (κ3) is 3.18. The summed E-state index contributed by atoms with van der Waals surface area (Å²) in [4.78, 5) is 14.0. The number of ether oxygens (including phenoxy) is 1. The van der Waals surface area contributed by atoms with E-state index in [1.165, 1.54) is 0 Å². The summed E-state index contributed by atoms with van der Waals surface area (Å²) in [6.45, 7) is 3.87. The standard InChI is InChI=1S/C23H22N8O/c1-13(21-23-20(25-5-6-26-23)8-19(28-21)14-9-24-10-14)32-16-3-4-18-17(7-16)22(30-29-18)15-11-27-31(2)12-15/h3-8,11-14,24H,9-10H2,1-2H3,(H,29,30). The molecule has 4 aromatic heterocycles. The number of rotatable bonds is 5. The molecular weight excluding hydrogens is 404 g/mol. The van der Waals surface area contributed by atoms with E-state index < -0.39 is 0 Å². The monoisotopic (exact) mass is 426 g/mol. The lowest BCUT2D eigenvalue weighted by atomic mass is 9.97. The predicted molar refractivity (Wildman–Crippen MR) is 120 cm³/mol. The molecule has 2 N–H and O–H groups in total. The van der Waals surface area contributed by atoms with Crippen LogP contribution in [0.5, 0.6) is 5.75 Å². The summed E-state index contributed by atoms with van der Waals surface area (Å²) in [6.07, 6.45) is 6.87. The number of H-pyrrole nitrogens is 1. The van der Waals surface area contributed by atoms with Gasteiger partial charge in [-0.1, -0.05) is 0 Å². The summed E-state index contributed by atoms with van der Waals surface area (Å²) in [7, 11) is 1.89. The van der Waals surface area contributed by atoms with Crippen molar-refractivity contribution in [3.05, 3.63) is 60.4 Å². The fraction of sp³-hybridized carbons (Fsp3) is 0.261. The van der Waals surface area contributed by atoms with Gasteiger partial charge in [0.05, 0.1) is 17.2 Å². The summed E-state index contributed by atoms with van der Waals surface area (Å²) >= 11 is 0. The minimum atomic E-state index is -0.298. The molecule has 0 radical (unpaired) electrons. The smallest absolute Gasteiger partial charge is 0.140 e. The largest absolute Gasteiger partial charge is 0.484 e. The molecule has 1 fully saturated rings. The second kappa shape index (κ2) is 7.38. The molecule has 1 aromatic carbocycles. The summed E-state index contributed by atoms with van der Waals surface area (Å²) in [5.41, 5.74) is 6.20. The van der Waals surface area contributed by atoms with Gasteiger partial charge in [0.15, 0.2) is 0 Å². The number of nitrogens with one attached hydrogen (secondary N) is 2. The zero-order chi connectivity index (χ0) is 21.7. The zero-order valence-corrected chi connectivity index (χ0v) is 17.8. The minimum Gasteiger partial charge on any atom is -0.484 e. The van der Waals surface area contributed by atoms with Gasteiger partial charge in [-0.25, -0.2) is 0 Å². The molecule has 0 spiro atoms. The Balaban J connectivity index is 1.37. The first kappa shape index (κ1) is 18.9. The molecule has 0 bridgehead atoms. The van der Waals surface area contributed by atoms with Crippen LogP contribution in [0.2, 0.25) is 0 Å². The Labute approximate surface area is 183 Å². The van der Waals surface area contributed by atoms with E-state index in [-0.39, 0.29) is 6.10 Å². The average molecular weight is 426 g/mol. The molecule has 160 valence electrons. The molecule has 0 amide bonds. The molecule has 1 aliphatic heterocycles. The number of fused-ring (bicyclic) bond motifs is 2. The molecule has 9 nitrogen and oxygen atoms in total. The van der Waals surface area contributed by atoms with Gasteiger partial charge in [0.25, 0.3) is 0 Å². The van der Waals surface area contributed by atoms with Crippen molar-refractivity contribution in [2.75, 3.05) is 13.1 Å². The van der Waals surface area contributed by atoms with Gasteiger partial charge in [0.1, 0.15) is 28.8 Å². The topological polar surface area (TPSA) is 106 Å². The number of aromatic nitrogens is 7. The Morgan fingerprint density at radius 1 is 1.16 bits per heavy atom. The molecule has 5 aromatic rings. The van der Waals surface area contributed by atoms with Crippen LogP contribution in [0, 0.1) is 0 Å². The molecule has 5 heterocycles. The average Bonchev–Trinajstić information content (AvgIpc) is 3.37. The number of nitrogens with zero attached hydrogens (tertiary/aromatic N) is 6. The maximum Gasteiger partial charge on any atom is 0.140 e. The first-order chi connectivity index (χ1) is 15.7. The van der Waals surface area contributed by atoms with Crippen LogP contribution in [-0.4, -0.2) is 48.0 Å². The van der Waals surface area contributed by atoms with Gasteiger partial charge in [-0.05, 0) is 31.2 Å². The van der Waals surface area contributed by atoms with Crippen LogP contribution in [-0.2, 0) is 7.05 Å². The molecule has 0 saturated carbocycles. The van der Waals surface area contributed by atoms with Gasteiger partial charge in [-0.2, -0.15) is 10.2 Å². The highest BCUT2D eigenvalue weighted by Gasteiger charge is 2.24. The predicted octanol–water partition coefficient (Wildman–Crippen LogP) is 3.13. The van der Waals surface area contributed by atoms with Crippen LogP contribution in [0.15, 0.2) is 49.1 Å². The number of benzene rings is 1. The van der Waals surface area contributed by atoms with E-state index in [0.29, 0.717) is 5.92 Å². The maximum absolute atomic E-state index is 6.36. The molecule has 1 unspecified atom stereocenters. The number of aryl methyl sites for hydroxylation is 1. The van der Waals surface area contributed by atoms with Crippen molar-refractivity contribution in [1.82, 2.24) is 40.2 Å². The van der Waals surface area contributed by atoms with E-state index in [1.807, 2.05) is 44.4 Å². The molecule has 1 atom stereocenters. The highest BCUT2D eigenvalue weighted by molar-refractivity contribution is 5.93. The van der Waals surface area contributed by atoms with Crippen molar-refractivity contribution in [2.45, 2.75) is 18.9 Å². The Hall–Kier alpha value is -3.85. The van der Waals surface area contributed by atoms with Gasteiger partial charge in [-0.15, -0.1) is 0 Å². The van der Waals surface area contributed by atoms with E-state index >= 15 is 0 Å². The maximum atomic E-state index is 6.36. The molecule has 1 saturated heterocycles. The lowest BCUT2D eigenvalue weighted by molar-refractivity contribution is 0.223. The molecule has 6 rings (SSSR count). The van der Waals surface area contributed by atoms with Crippen LogP contribution >= 0.6 is 0 Å². The third-order valence-electron chi connectivity index (χ3n) is 5.91. The first-order valence-electron chi connectivity index (χ1n) is 10.6. The van der Waals surface area contributed by atoms with Crippen LogP contribution in [0.1, 0.15) is 30.3 Å². The van der Waals surface area contributed by atoms with Crippen molar-refractivity contribution in [2.24, 2.45) is 7.05 Å². The van der Waals surface area contributed by atoms with Crippen LogP contribution in [0.4, 0.5) is 0 Å². The van der Waals surface area contributed by atoms with Crippen molar-refractivity contribution in [3.63, 3.8) is 0 Å². The van der Waals surface area contributed by atoms with Crippen molar-refractivity contribution in [3.8, 4) is 17.0 Å². The van der Waals surface area contributed by atoms with Gasteiger partial charge >= 0.3 is 0 Å². The minimum absolute atomic E-state index is 0.298. The molecule has 1 aliphatic rings. The molecule has 9 heteroatoms. The fourth-order valence-electron chi connectivity index (χ4n) is 4.10. The lowest BCUT2D eigenvalue weighted by Crippen LogP contribution is -2.40. The van der Waals surface area contributed by atoms with Crippen molar-refractivity contribution < 1.29 is 4.74 Å². The zero-order valence-electron chi connectivity index (χ0n) is 17.8. The van der Waals surface area contributed by atoms with Crippen LogP contribution < -0.4 is 10.1 Å². The third-order valence-corrected chi connectivity index (χ3v) is 5.91. The van der Waals surface area contributed by atoms with Crippen molar-refractivity contribution >= 4 is 21.9 Å². The Kier molecular flexibility index (Phi) is 4.36. The van der Waals surface area contributed by atoms with E-state index in [9.17, 15) is 0 Å². The number of hydrogen-bond acceptors (Lipinski definition) is 7. The summed E-state index contributed by atoms with van der Waals surface area (Å²) in [6, 6.07) is 7.97. The molecule has 32 heavy (non-hydrogen) atoms. The number of aromatic amines is 1. The summed E-state index contributed by atoms with van der Waals surface area (Å²) < 4.78 is 8.12. The summed E-state index contributed by atoms with van der Waals surface area (Å²) in [5, 5.41) is 16.1. The normalized spacial score (nSPS) is 15.2. The van der Waals surface area contributed by atoms with Gasteiger partial charge < -0.3 is 10.1 Å². The highest BCUT2D eigenvalue weighted by atomic mass is 16.5. The highest BCUT2D eigenvalue weighted by Crippen LogP contribution is 2.32. The SMILES string of the molecule is CC(Oc1ccc2[nH]nc(-c3cnn(C)c3)c2c1)c1nc(C2CNC2)cc2nccnc12. The van der Waals surface area contributed by atoms with E-state index in [0.717, 1.165) is 63.4 Å². The van der Waals surface area contributed by atoms with Gasteiger partial charge in [0, 0.05) is 61.3 Å². The van der Waals surface area contributed by atoms with Crippen molar-refractivity contribution in [1.29, 1.82) is 0 Å². The summed E-state index contributed by atoms with van der Waals surface area (Å²) in [5.74, 6) is 1.14. The van der Waals surface area contributed by atoms with E-state index in [1.54, 1.807) is 23.3 Å². The van der Waals surface area contributed by atoms with E-state index in [4.69, 9.17) is 9.72 Å². The fourth-order valence-corrected chi connectivity index (χ4v) is 4.10. The number of pyridine rings is 1.